The van der Waals surface area contributed by atoms with E-state index in [-0.39, 0.29) is 35.5 Å². The van der Waals surface area contributed by atoms with Crippen molar-refractivity contribution in [1.29, 1.82) is 0 Å². The molecule has 0 saturated carbocycles. The zero-order valence-electron chi connectivity index (χ0n) is 16.8. The number of carbonyl (C=O) groups excluding carboxylic acids is 2. The molecule has 1 N–H and O–H groups in total. The lowest BCUT2D eigenvalue weighted by atomic mass is 10.1. The average Bonchev–Trinajstić information content (AvgIpc) is 2.97. The van der Waals surface area contributed by atoms with Gasteiger partial charge >= 0.3 is 0 Å². The van der Waals surface area contributed by atoms with Crippen LogP contribution in [0.5, 0.6) is 0 Å². The lowest BCUT2D eigenvalue weighted by Crippen LogP contribution is -2.33. The van der Waals surface area contributed by atoms with Crippen LogP contribution in [0.4, 0.5) is 5.69 Å². The van der Waals surface area contributed by atoms with Crippen LogP contribution in [0, 0.1) is 13.8 Å². The highest BCUT2D eigenvalue weighted by atomic mass is 32.2. The summed E-state index contributed by atoms with van der Waals surface area (Å²) in [6.07, 6.45) is 0.206. The maximum Gasteiger partial charge on any atom is 0.243 e. The number of hydrogen-bond acceptors (Lipinski definition) is 5. The predicted molar refractivity (Wildman–Crippen MR) is 113 cm³/mol. The molecule has 0 aliphatic heterocycles. The Bertz CT molecular complexity index is 961. The molecule has 1 aromatic heterocycles. The van der Waals surface area contributed by atoms with Gasteiger partial charge < -0.3 is 5.32 Å². The normalized spacial score (nSPS) is 11.8. The fraction of sp³-hybridized carbons (Fsp3) is 0.400. The molecule has 152 valence electrons. The van der Waals surface area contributed by atoms with Gasteiger partial charge in [0.15, 0.2) is 5.78 Å². The van der Waals surface area contributed by atoms with E-state index in [0.29, 0.717) is 11.3 Å². The lowest BCUT2D eigenvalue weighted by Gasteiger charge is -2.21. The summed E-state index contributed by atoms with van der Waals surface area (Å²) in [5, 5.41) is 2.70. The third-order valence-electron chi connectivity index (χ3n) is 4.46. The Kier molecular flexibility index (Phi) is 7.14. The lowest BCUT2D eigenvalue weighted by molar-refractivity contribution is -0.116. The predicted octanol–water partition coefficient (Wildman–Crippen LogP) is 4.00. The first kappa shape index (κ1) is 22.3. The number of nitrogens with one attached hydrogen (secondary N) is 1. The van der Waals surface area contributed by atoms with Crippen molar-refractivity contribution in [2.24, 2.45) is 0 Å². The highest BCUT2D eigenvalue weighted by molar-refractivity contribution is 7.89. The molecule has 0 spiro atoms. The quantitative estimate of drug-likeness (QED) is 0.652. The van der Waals surface area contributed by atoms with E-state index in [2.05, 4.69) is 5.32 Å². The molecule has 1 amide bonds. The van der Waals surface area contributed by atoms with Crippen molar-refractivity contribution in [3.05, 3.63) is 45.6 Å². The van der Waals surface area contributed by atoms with Crippen LogP contribution in [0.1, 0.15) is 46.8 Å². The molecule has 0 unspecified atom stereocenters. The Hall–Kier alpha value is -2.03. The molecule has 0 saturated heterocycles. The van der Waals surface area contributed by atoms with Gasteiger partial charge in [-0.3, -0.25) is 9.59 Å². The number of anilines is 1. The van der Waals surface area contributed by atoms with Gasteiger partial charge in [-0.2, -0.15) is 4.31 Å². The number of thiophene rings is 1. The molecule has 0 fully saturated rings. The molecule has 2 aromatic rings. The number of sulfonamides is 1. The van der Waals surface area contributed by atoms with Gasteiger partial charge in [-0.15, -0.1) is 11.3 Å². The molecule has 6 nitrogen and oxygen atoms in total. The number of aryl methyl sites for hydroxylation is 2. The third-order valence-corrected chi connectivity index (χ3v) is 7.48. The Morgan fingerprint density at radius 1 is 1.11 bits per heavy atom. The number of carbonyl (C=O) groups is 2. The van der Waals surface area contributed by atoms with E-state index in [4.69, 9.17) is 0 Å². The first-order valence-corrected chi connectivity index (χ1v) is 11.3. The number of benzene rings is 1. The van der Waals surface area contributed by atoms with E-state index in [9.17, 15) is 18.0 Å². The standard InChI is InChI=1S/C20H26N2O4S2/c1-13(2)22(5)28(25,26)17-8-6-16(7-9-17)21-20(24)11-10-19(23)18-12-14(3)27-15(18)4/h6-9,12-13H,10-11H2,1-5H3,(H,21,24). The van der Waals surface area contributed by atoms with Crippen molar-refractivity contribution in [3.63, 3.8) is 0 Å². The van der Waals surface area contributed by atoms with Crippen LogP contribution in [0.2, 0.25) is 0 Å². The molecule has 2 rings (SSSR count). The summed E-state index contributed by atoms with van der Waals surface area (Å²) < 4.78 is 26.2. The monoisotopic (exact) mass is 422 g/mol. The van der Waals surface area contributed by atoms with E-state index in [1.807, 2.05) is 19.9 Å². The Morgan fingerprint density at radius 3 is 2.21 bits per heavy atom. The maximum atomic E-state index is 12.5. The second-order valence-electron chi connectivity index (χ2n) is 6.94. The van der Waals surface area contributed by atoms with Crippen LogP contribution in [0.3, 0.4) is 0 Å². The van der Waals surface area contributed by atoms with Crippen molar-refractivity contribution in [2.45, 2.75) is 51.5 Å². The molecule has 8 heteroatoms. The Morgan fingerprint density at radius 2 is 1.71 bits per heavy atom. The number of nitrogens with zero attached hydrogens (tertiary/aromatic N) is 1. The topological polar surface area (TPSA) is 83.5 Å². The van der Waals surface area contributed by atoms with E-state index < -0.39 is 10.0 Å². The number of hydrogen-bond donors (Lipinski definition) is 1. The average molecular weight is 423 g/mol. The van der Waals surface area contributed by atoms with Crippen molar-refractivity contribution >= 4 is 38.7 Å². The van der Waals surface area contributed by atoms with Crippen LogP contribution in [0.25, 0.3) is 0 Å². The van der Waals surface area contributed by atoms with Gasteiger partial charge in [-0.05, 0) is 58.0 Å². The molecule has 1 aromatic carbocycles. The van der Waals surface area contributed by atoms with E-state index in [0.717, 1.165) is 9.75 Å². The zero-order valence-corrected chi connectivity index (χ0v) is 18.4. The van der Waals surface area contributed by atoms with Crippen LogP contribution >= 0.6 is 11.3 Å². The van der Waals surface area contributed by atoms with Crippen molar-refractivity contribution in [1.82, 2.24) is 4.31 Å². The SMILES string of the molecule is Cc1cc(C(=O)CCC(=O)Nc2ccc(S(=O)(=O)N(C)C(C)C)cc2)c(C)s1. The van der Waals surface area contributed by atoms with Gasteiger partial charge in [0.25, 0.3) is 0 Å². The van der Waals surface area contributed by atoms with Crippen LogP contribution in [0.15, 0.2) is 35.2 Å². The summed E-state index contributed by atoms with van der Waals surface area (Å²) in [6.45, 7) is 7.44. The second kappa shape index (κ2) is 8.98. The molecular formula is C20H26N2O4S2. The Labute approximate surface area is 170 Å². The van der Waals surface area contributed by atoms with Crippen LogP contribution < -0.4 is 5.32 Å². The van der Waals surface area contributed by atoms with Crippen molar-refractivity contribution < 1.29 is 18.0 Å². The second-order valence-corrected chi connectivity index (χ2v) is 10.4. The molecule has 28 heavy (non-hydrogen) atoms. The minimum Gasteiger partial charge on any atom is -0.326 e. The minimum atomic E-state index is -3.56. The molecule has 1 heterocycles. The first-order valence-electron chi connectivity index (χ1n) is 9.00. The van der Waals surface area contributed by atoms with Gasteiger partial charge in [0.05, 0.1) is 4.90 Å². The molecular weight excluding hydrogens is 396 g/mol. The number of rotatable bonds is 8. The molecule has 0 aliphatic carbocycles. The molecule has 0 atom stereocenters. The molecule has 0 radical (unpaired) electrons. The summed E-state index contributed by atoms with van der Waals surface area (Å²) >= 11 is 1.57. The highest BCUT2D eigenvalue weighted by Gasteiger charge is 2.23. The minimum absolute atomic E-state index is 0.0461. The first-order chi connectivity index (χ1) is 13.0. The fourth-order valence-corrected chi connectivity index (χ4v) is 4.96. The van der Waals surface area contributed by atoms with Crippen LogP contribution in [-0.4, -0.2) is 37.5 Å². The summed E-state index contributed by atoms with van der Waals surface area (Å²) in [5.74, 6) is -0.331. The van der Waals surface area contributed by atoms with Gasteiger partial charge in [-0.1, -0.05) is 0 Å². The third kappa shape index (κ3) is 5.27. The summed E-state index contributed by atoms with van der Waals surface area (Å²) in [7, 11) is -2.03. The van der Waals surface area contributed by atoms with Gasteiger partial charge in [0, 0.05) is 46.9 Å². The molecule has 0 bridgehead atoms. The highest BCUT2D eigenvalue weighted by Crippen LogP contribution is 2.23. The van der Waals surface area contributed by atoms with Gasteiger partial charge in [-0.25, -0.2) is 8.42 Å². The molecule has 0 aliphatic rings. The van der Waals surface area contributed by atoms with E-state index in [1.165, 1.54) is 23.5 Å². The van der Waals surface area contributed by atoms with Crippen LogP contribution in [-0.2, 0) is 14.8 Å². The maximum absolute atomic E-state index is 12.5. The summed E-state index contributed by atoms with van der Waals surface area (Å²) in [6, 6.07) is 7.73. The van der Waals surface area contributed by atoms with E-state index >= 15 is 0 Å². The number of ketones is 1. The number of amides is 1. The van der Waals surface area contributed by atoms with Gasteiger partial charge in [0.1, 0.15) is 0 Å². The summed E-state index contributed by atoms with van der Waals surface area (Å²) in [5.41, 5.74) is 1.17. The van der Waals surface area contributed by atoms with E-state index in [1.54, 1.807) is 37.3 Å². The van der Waals surface area contributed by atoms with Crippen molar-refractivity contribution in [2.75, 3.05) is 12.4 Å². The summed E-state index contributed by atoms with van der Waals surface area (Å²) in [4.78, 5) is 26.6. The number of Topliss-reactive ketones (excluding diaryl/α,β-unsaturated/α-hetero) is 1. The zero-order chi connectivity index (χ0) is 21.1. The fourth-order valence-electron chi connectivity index (χ4n) is 2.65. The van der Waals surface area contributed by atoms with Crippen molar-refractivity contribution in [3.8, 4) is 0 Å². The smallest absolute Gasteiger partial charge is 0.243 e. The largest absolute Gasteiger partial charge is 0.326 e. The van der Waals surface area contributed by atoms with Gasteiger partial charge in [0.2, 0.25) is 15.9 Å². The Balaban J connectivity index is 1.96.